The zero-order chi connectivity index (χ0) is 19.1. The Morgan fingerprint density at radius 3 is 2.46 bits per heavy atom. The average molecular weight is 533 g/mol. The van der Waals surface area contributed by atoms with E-state index >= 15 is 0 Å². The lowest BCUT2D eigenvalue weighted by molar-refractivity contribution is 0.179. The van der Waals surface area contributed by atoms with Crippen LogP contribution in [0.3, 0.4) is 0 Å². The van der Waals surface area contributed by atoms with Crippen LogP contribution in [0.1, 0.15) is 36.4 Å². The summed E-state index contributed by atoms with van der Waals surface area (Å²) in [4.78, 5) is 9.88. The van der Waals surface area contributed by atoms with Crippen molar-refractivity contribution in [2.45, 2.75) is 38.6 Å². The minimum atomic E-state index is 0. The van der Waals surface area contributed by atoms with E-state index in [1.54, 1.807) is 0 Å². The van der Waals surface area contributed by atoms with Crippen LogP contribution >= 0.6 is 46.7 Å². The standard InChI is InChI=1S/C21H32N4S2.HI/c1-21(2,19-7-5-13-27-19)16-24-20(22-3)23-14-17-8-10-25(11-9-17)15-18-6-4-12-26-18;/h4-7,12-13,17H,8-11,14-16H2,1-3H3,(H2,22,23,24);1H. The lowest BCUT2D eigenvalue weighted by Crippen LogP contribution is -2.45. The van der Waals surface area contributed by atoms with Crippen molar-refractivity contribution in [2.24, 2.45) is 10.9 Å². The summed E-state index contributed by atoms with van der Waals surface area (Å²) in [5.41, 5.74) is 0.110. The molecule has 0 saturated carbocycles. The van der Waals surface area contributed by atoms with E-state index in [4.69, 9.17) is 0 Å². The molecule has 0 radical (unpaired) electrons. The number of rotatable bonds is 7. The van der Waals surface area contributed by atoms with E-state index in [9.17, 15) is 0 Å². The van der Waals surface area contributed by atoms with Gasteiger partial charge >= 0.3 is 0 Å². The number of hydrogen-bond donors (Lipinski definition) is 2. The molecule has 0 aliphatic carbocycles. The van der Waals surface area contributed by atoms with Crippen molar-refractivity contribution in [1.29, 1.82) is 0 Å². The molecule has 0 atom stereocenters. The van der Waals surface area contributed by atoms with Gasteiger partial charge in [0.05, 0.1) is 0 Å². The minimum absolute atomic E-state index is 0. The van der Waals surface area contributed by atoms with Gasteiger partial charge in [0.2, 0.25) is 0 Å². The molecule has 0 bridgehead atoms. The second-order valence-corrected chi connectivity index (χ2v) is 9.95. The molecule has 1 aliphatic rings. The summed E-state index contributed by atoms with van der Waals surface area (Å²) >= 11 is 3.69. The highest BCUT2D eigenvalue weighted by atomic mass is 127. The first kappa shape index (κ1) is 23.6. The number of halogens is 1. The highest BCUT2D eigenvalue weighted by molar-refractivity contribution is 14.0. The van der Waals surface area contributed by atoms with Crippen molar-refractivity contribution in [3.05, 3.63) is 44.8 Å². The van der Waals surface area contributed by atoms with E-state index < -0.39 is 0 Å². The summed E-state index contributed by atoms with van der Waals surface area (Å²) in [6, 6.07) is 8.73. The van der Waals surface area contributed by atoms with Crippen LogP contribution in [0, 0.1) is 5.92 Å². The van der Waals surface area contributed by atoms with Gasteiger partial charge in [-0.1, -0.05) is 26.0 Å². The Kier molecular flexibility index (Phi) is 9.73. The van der Waals surface area contributed by atoms with Gasteiger partial charge in [-0.3, -0.25) is 9.89 Å². The van der Waals surface area contributed by atoms with Crippen LogP contribution in [0.5, 0.6) is 0 Å². The average Bonchev–Trinajstić information content (AvgIpc) is 3.37. The number of nitrogens with zero attached hydrogens (tertiary/aromatic N) is 2. The van der Waals surface area contributed by atoms with Crippen LogP contribution in [-0.4, -0.2) is 44.1 Å². The van der Waals surface area contributed by atoms with Crippen molar-refractivity contribution in [3.63, 3.8) is 0 Å². The number of thiophene rings is 2. The predicted molar refractivity (Wildman–Crippen MR) is 134 cm³/mol. The summed E-state index contributed by atoms with van der Waals surface area (Å²) in [6.45, 7) is 9.95. The number of nitrogens with one attached hydrogen (secondary N) is 2. The molecule has 2 aromatic heterocycles. The largest absolute Gasteiger partial charge is 0.356 e. The Balaban J connectivity index is 0.00000280. The molecule has 7 heteroatoms. The van der Waals surface area contributed by atoms with Gasteiger partial charge in [0, 0.05) is 41.9 Å². The molecule has 0 amide bonds. The van der Waals surface area contributed by atoms with Gasteiger partial charge < -0.3 is 10.6 Å². The molecule has 3 rings (SSSR count). The van der Waals surface area contributed by atoms with Crippen LogP contribution < -0.4 is 10.6 Å². The van der Waals surface area contributed by atoms with Crippen molar-refractivity contribution in [3.8, 4) is 0 Å². The van der Waals surface area contributed by atoms with Crippen LogP contribution in [0.2, 0.25) is 0 Å². The molecule has 1 fully saturated rings. The van der Waals surface area contributed by atoms with E-state index in [1.165, 1.54) is 35.7 Å². The van der Waals surface area contributed by atoms with Gasteiger partial charge in [-0.15, -0.1) is 46.7 Å². The summed E-state index contributed by atoms with van der Waals surface area (Å²) in [5, 5.41) is 11.4. The lowest BCUT2D eigenvalue weighted by Gasteiger charge is -2.32. The van der Waals surface area contributed by atoms with Crippen molar-refractivity contribution >= 4 is 52.6 Å². The Morgan fingerprint density at radius 1 is 1.14 bits per heavy atom. The van der Waals surface area contributed by atoms with E-state index in [1.807, 2.05) is 29.7 Å². The maximum absolute atomic E-state index is 4.41. The molecule has 3 heterocycles. The number of hydrogen-bond acceptors (Lipinski definition) is 4. The molecular formula is C21H33IN4S2. The quantitative estimate of drug-likeness (QED) is 0.306. The molecule has 0 spiro atoms. The van der Waals surface area contributed by atoms with Crippen LogP contribution in [0.4, 0.5) is 0 Å². The highest BCUT2D eigenvalue weighted by Crippen LogP contribution is 2.26. The van der Waals surface area contributed by atoms with E-state index in [0.717, 1.165) is 31.5 Å². The van der Waals surface area contributed by atoms with Gasteiger partial charge in [0.1, 0.15) is 0 Å². The molecule has 156 valence electrons. The smallest absolute Gasteiger partial charge is 0.191 e. The molecule has 2 N–H and O–H groups in total. The van der Waals surface area contributed by atoms with Gasteiger partial charge in [0.25, 0.3) is 0 Å². The Bertz CT molecular complexity index is 690. The third kappa shape index (κ3) is 7.00. The third-order valence-corrected chi connectivity index (χ3v) is 7.43. The van der Waals surface area contributed by atoms with Gasteiger partial charge in [-0.2, -0.15) is 0 Å². The number of likely N-dealkylation sites (tertiary alicyclic amines) is 1. The minimum Gasteiger partial charge on any atom is -0.356 e. The summed E-state index contributed by atoms with van der Waals surface area (Å²) in [5.74, 6) is 1.65. The summed E-state index contributed by atoms with van der Waals surface area (Å²) < 4.78 is 0. The third-order valence-electron chi connectivity index (χ3n) is 5.33. The molecular weight excluding hydrogens is 499 g/mol. The fourth-order valence-corrected chi connectivity index (χ4v) is 5.09. The van der Waals surface area contributed by atoms with E-state index in [0.29, 0.717) is 0 Å². The maximum Gasteiger partial charge on any atom is 0.191 e. The first-order valence-corrected chi connectivity index (χ1v) is 11.6. The fraction of sp³-hybridized carbons (Fsp3) is 0.571. The van der Waals surface area contributed by atoms with Crippen molar-refractivity contribution < 1.29 is 0 Å². The van der Waals surface area contributed by atoms with Crippen LogP contribution in [0.15, 0.2) is 40.0 Å². The second kappa shape index (κ2) is 11.5. The first-order chi connectivity index (χ1) is 13.1. The number of aliphatic imine (C=N–C) groups is 1. The van der Waals surface area contributed by atoms with Gasteiger partial charge in [0.15, 0.2) is 5.96 Å². The maximum atomic E-state index is 4.41. The highest BCUT2D eigenvalue weighted by Gasteiger charge is 2.23. The molecule has 0 unspecified atom stereocenters. The molecule has 0 aromatic carbocycles. The predicted octanol–water partition coefficient (Wildman–Crippen LogP) is 4.78. The topological polar surface area (TPSA) is 39.7 Å². The van der Waals surface area contributed by atoms with Crippen molar-refractivity contribution in [2.75, 3.05) is 33.2 Å². The van der Waals surface area contributed by atoms with Crippen molar-refractivity contribution in [1.82, 2.24) is 15.5 Å². The molecule has 1 aliphatic heterocycles. The van der Waals surface area contributed by atoms with E-state index in [2.05, 4.69) is 69.4 Å². The zero-order valence-electron chi connectivity index (χ0n) is 17.1. The lowest BCUT2D eigenvalue weighted by atomic mass is 9.91. The molecule has 28 heavy (non-hydrogen) atoms. The van der Waals surface area contributed by atoms with Crippen LogP contribution in [0.25, 0.3) is 0 Å². The molecule has 4 nitrogen and oxygen atoms in total. The van der Waals surface area contributed by atoms with Gasteiger partial charge in [-0.25, -0.2) is 0 Å². The molecule has 2 aromatic rings. The Morgan fingerprint density at radius 2 is 1.86 bits per heavy atom. The monoisotopic (exact) mass is 532 g/mol. The normalized spacial score (nSPS) is 16.6. The van der Waals surface area contributed by atoms with Gasteiger partial charge in [-0.05, 0) is 54.7 Å². The second-order valence-electron chi connectivity index (χ2n) is 7.97. The number of guanidine groups is 1. The first-order valence-electron chi connectivity index (χ1n) is 9.80. The number of piperidine rings is 1. The Labute approximate surface area is 194 Å². The molecule has 1 saturated heterocycles. The Hall–Kier alpha value is -0.640. The summed E-state index contributed by atoms with van der Waals surface area (Å²) in [7, 11) is 1.86. The van der Waals surface area contributed by atoms with E-state index in [-0.39, 0.29) is 29.4 Å². The summed E-state index contributed by atoms with van der Waals surface area (Å²) in [6.07, 6.45) is 2.52. The zero-order valence-corrected chi connectivity index (χ0v) is 21.1. The SMILES string of the molecule is CN=C(NCC1CCN(Cc2cccs2)CC1)NCC(C)(C)c1cccs1.I. The van der Waals surface area contributed by atoms with Crippen LogP contribution in [-0.2, 0) is 12.0 Å². The fourth-order valence-electron chi connectivity index (χ4n) is 3.49.